The minimum absolute atomic E-state index is 0.139. The van der Waals surface area contributed by atoms with E-state index in [0.29, 0.717) is 19.0 Å². The number of fused-ring (bicyclic) bond motifs is 1. The highest BCUT2D eigenvalue weighted by atomic mass is 16.5. The molecule has 1 amide bonds. The van der Waals surface area contributed by atoms with Crippen LogP contribution < -0.4 is 5.32 Å². The normalized spacial score (nSPS) is 14.1. The van der Waals surface area contributed by atoms with Crippen LogP contribution in [-0.4, -0.2) is 29.1 Å². The second-order valence-corrected chi connectivity index (χ2v) is 7.18. The molecule has 4 rings (SSSR count). The highest BCUT2D eigenvalue weighted by Crippen LogP contribution is 2.29. The van der Waals surface area contributed by atoms with Crippen LogP contribution in [-0.2, 0) is 9.53 Å². The lowest BCUT2D eigenvalue weighted by atomic mass is 9.97. The molecule has 0 unspecified atom stereocenters. The van der Waals surface area contributed by atoms with Crippen LogP contribution in [0.3, 0.4) is 0 Å². The fourth-order valence-electron chi connectivity index (χ4n) is 3.56. The standard InChI is InChI=1S/C23H23N3O2/c1-15-3-6-24-13-20(15)18-9-16(2)21-14-25-22(12-19(21)11-18)26-23(27)10-17-4-7-28-8-5-17/h3,6,9-14H,4-5,7-8H2,1-2H3,(H,25,26,27). The molecule has 3 aromatic rings. The summed E-state index contributed by atoms with van der Waals surface area (Å²) in [5.74, 6) is 0.417. The molecule has 1 saturated heterocycles. The molecule has 0 atom stereocenters. The van der Waals surface area contributed by atoms with Gasteiger partial charge >= 0.3 is 0 Å². The molecule has 28 heavy (non-hydrogen) atoms. The summed E-state index contributed by atoms with van der Waals surface area (Å²) in [6, 6.07) is 8.22. The molecule has 3 heterocycles. The summed E-state index contributed by atoms with van der Waals surface area (Å²) in [4.78, 5) is 21.0. The maximum absolute atomic E-state index is 12.3. The number of nitrogens with one attached hydrogen (secondary N) is 1. The van der Waals surface area contributed by atoms with E-state index in [0.717, 1.165) is 45.9 Å². The first-order chi connectivity index (χ1) is 13.6. The highest BCUT2D eigenvalue weighted by molar-refractivity contribution is 6.00. The van der Waals surface area contributed by atoms with Crippen LogP contribution in [0.2, 0.25) is 0 Å². The summed E-state index contributed by atoms with van der Waals surface area (Å²) in [5.41, 5.74) is 5.67. The summed E-state index contributed by atoms with van der Waals surface area (Å²) in [6.07, 6.45) is 8.81. The largest absolute Gasteiger partial charge is 0.381 e. The first kappa shape index (κ1) is 18.3. The van der Waals surface area contributed by atoms with Gasteiger partial charge in [-0.3, -0.25) is 9.78 Å². The maximum Gasteiger partial charge on any atom is 0.249 e. The summed E-state index contributed by atoms with van der Waals surface area (Å²) in [5, 5.41) is 5.01. The van der Waals surface area contributed by atoms with Gasteiger partial charge in [0.05, 0.1) is 13.2 Å². The molecular weight excluding hydrogens is 350 g/mol. The van der Waals surface area contributed by atoms with Crippen LogP contribution in [0.4, 0.5) is 5.82 Å². The second kappa shape index (κ2) is 7.90. The SMILES string of the molecule is Cc1ccncc1-c1cc(C)c2cnc(NC(=O)C=C3CCOCC3)cc2c1. The fourth-order valence-corrected chi connectivity index (χ4v) is 3.56. The predicted octanol–water partition coefficient (Wildman–Crippen LogP) is 4.59. The molecule has 5 nitrogen and oxygen atoms in total. The molecule has 0 aliphatic carbocycles. The molecular formula is C23H23N3O2. The lowest BCUT2D eigenvalue weighted by Crippen LogP contribution is -2.13. The van der Waals surface area contributed by atoms with E-state index >= 15 is 0 Å². The third kappa shape index (κ3) is 3.94. The summed E-state index contributed by atoms with van der Waals surface area (Å²) < 4.78 is 5.33. The average Bonchev–Trinajstić information content (AvgIpc) is 2.68. The first-order valence-corrected chi connectivity index (χ1v) is 9.50. The van der Waals surface area contributed by atoms with Gasteiger partial charge in [-0.05, 0) is 67.0 Å². The molecule has 2 aromatic heterocycles. The molecule has 5 heteroatoms. The van der Waals surface area contributed by atoms with Crippen molar-refractivity contribution in [3.63, 3.8) is 0 Å². The zero-order valence-electron chi connectivity index (χ0n) is 16.2. The Hall–Kier alpha value is -3.05. The molecule has 1 aliphatic rings. The quantitative estimate of drug-likeness (QED) is 0.682. The maximum atomic E-state index is 12.3. The monoisotopic (exact) mass is 373 g/mol. The minimum atomic E-state index is -0.139. The van der Waals surface area contributed by atoms with Crippen molar-refractivity contribution in [2.75, 3.05) is 18.5 Å². The molecule has 142 valence electrons. The molecule has 0 saturated carbocycles. The average molecular weight is 373 g/mol. The van der Waals surface area contributed by atoms with E-state index < -0.39 is 0 Å². The number of rotatable bonds is 3. The lowest BCUT2D eigenvalue weighted by Gasteiger charge is -2.14. The second-order valence-electron chi connectivity index (χ2n) is 7.18. The molecule has 1 aromatic carbocycles. The Bertz CT molecular complexity index is 1060. The first-order valence-electron chi connectivity index (χ1n) is 9.50. The smallest absolute Gasteiger partial charge is 0.249 e. The number of benzene rings is 1. The van der Waals surface area contributed by atoms with E-state index in [1.54, 1.807) is 12.3 Å². The number of anilines is 1. The van der Waals surface area contributed by atoms with Crippen molar-refractivity contribution >= 4 is 22.5 Å². The number of ether oxygens (including phenoxy) is 1. The number of amides is 1. The van der Waals surface area contributed by atoms with Crippen molar-refractivity contribution in [1.82, 2.24) is 9.97 Å². The molecule has 1 aliphatic heterocycles. The van der Waals surface area contributed by atoms with Gasteiger partial charge in [0.1, 0.15) is 5.82 Å². The van der Waals surface area contributed by atoms with Gasteiger partial charge in [-0.15, -0.1) is 0 Å². The van der Waals surface area contributed by atoms with Crippen LogP contribution in [0.1, 0.15) is 24.0 Å². The number of pyridine rings is 2. The molecule has 0 bridgehead atoms. The van der Waals surface area contributed by atoms with E-state index in [-0.39, 0.29) is 5.91 Å². The number of aryl methyl sites for hydroxylation is 2. The van der Waals surface area contributed by atoms with E-state index in [2.05, 4.69) is 41.3 Å². The van der Waals surface area contributed by atoms with Crippen molar-refractivity contribution in [2.24, 2.45) is 0 Å². The van der Waals surface area contributed by atoms with Crippen molar-refractivity contribution in [1.29, 1.82) is 0 Å². The Labute approximate surface area is 164 Å². The zero-order chi connectivity index (χ0) is 19.5. The van der Waals surface area contributed by atoms with Crippen molar-refractivity contribution in [2.45, 2.75) is 26.7 Å². The van der Waals surface area contributed by atoms with Gasteiger partial charge in [0.15, 0.2) is 0 Å². The van der Waals surface area contributed by atoms with E-state index in [4.69, 9.17) is 4.74 Å². The van der Waals surface area contributed by atoms with Gasteiger partial charge < -0.3 is 10.1 Å². The van der Waals surface area contributed by atoms with Crippen molar-refractivity contribution in [3.05, 3.63) is 65.6 Å². The van der Waals surface area contributed by atoms with E-state index in [9.17, 15) is 4.79 Å². The third-order valence-corrected chi connectivity index (χ3v) is 5.12. The van der Waals surface area contributed by atoms with Gasteiger partial charge in [-0.2, -0.15) is 0 Å². The summed E-state index contributed by atoms with van der Waals surface area (Å²) in [7, 11) is 0. The Kier molecular flexibility index (Phi) is 5.17. The number of hydrogen-bond donors (Lipinski definition) is 1. The van der Waals surface area contributed by atoms with E-state index in [1.807, 2.05) is 24.5 Å². The van der Waals surface area contributed by atoms with Gasteiger partial charge in [-0.25, -0.2) is 4.98 Å². The molecule has 1 N–H and O–H groups in total. The highest BCUT2D eigenvalue weighted by Gasteiger charge is 2.10. The van der Waals surface area contributed by atoms with Crippen LogP contribution in [0, 0.1) is 13.8 Å². The minimum Gasteiger partial charge on any atom is -0.381 e. The topological polar surface area (TPSA) is 64.1 Å². The van der Waals surface area contributed by atoms with E-state index in [1.165, 1.54) is 5.56 Å². The number of nitrogens with zero attached hydrogens (tertiary/aromatic N) is 2. The zero-order valence-corrected chi connectivity index (χ0v) is 16.2. The Morgan fingerprint density at radius 1 is 1.11 bits per heavy atom. The Morgan fingerprint density at radius 3 is 2.71 bits per heavy atom. The Morgan fingerprint density at radius 2 is 1.93 bits per heavy atom. The van der Waals surface area contributed by atoms with Crippen molar-refractivity contribution < 1.29 is 9.53 Å². The van der Waals surface area contributed by atoms with Crippen LogP contribution in [0.15, 0.2) is 54.5 Å². The third-order valence-electron chi connectivity index (χ3n) is 5.12. The summed E-state index contributed by atoms with van der Waals surface area (Å²) >= 11 is 0. The van der Waals surface area contributed by atoms with Gasteiger partial charge in [0.25, 0.3) is 0 Å². The number of hydrogen-bond acceptors (Lipinski definition) is 4. The van der Waals surface area contributed by atoms with Crippen LogP contribution in [0.5, 0.6) is 0 Å². The lowest BCUT2D eigenvalue weighted by molar-refractivity contribution is -0.112. The number of carbonyl (C=O) groups excluding carboxylic acids is 1. The van der Waals surface area contributed by atoms with Gasteiger partial charge in [0.2, 0.25) is 5.91 Å². The van der Waals surface area contributed by atoms with Gasteiger partial charge in [-0.1, -0.05) is 11.6 Å². The molecule has 0 radical (unpaired) electrons. The van der Waals surface area contributed by atoms with Gasteiger partial charge in [0, 0.05) is 35.6 Å². The molecule has 1 fully saturated rings. The molecule has 0 spiro atoms. The summed E-state index contributed by atoms with van der Waals surface area (Å²) in [6.45, 7) is 5.53. The van der Waals surface area contributed by atoms with Crippen molar-refractivity contribution in [3.8, 4) is 11.1 Å². The number of aromatic nitrogens is 2. The predicted molar refractivity (Wildman–Crippen MR) is 111 cm³/mol. The fraction of sp³-hybridized carbons (Fsp3) is 0.261. The van der Waals surface area contributed by atoms with Crippen LogP contribution in [0.25, 0.3) is 21.9 Å². The Balaban J connectivity index is 1.64. The number of carbonyl (C=O) groups is 1. The van der Waals surface area contributed by atoms with Crippen LogP contribution >= 0.6 is 0 Å².